The quantitative estimate of drug-likeness (QED) is 0.630. The molecule has 1 aromatic carbocycles. The van der Waals surface area contributed by atoms with Gasteiger partial charge in [-0.1, -0.05) is 0 Å². The summed E-state index contributed by atoms with van der Waals surface area (Å²) in [5.41, 5.74) is 7.15. The second-order valence-electron chi connectivity index (χ2n) is 7.07. The SMILES string of the molecule is NC(=NCCC1CCS(=O)(=O)CC1)N1CCN(c2ccc(F)cc2)CC1. The number of nitrogens with two attached hydrogens (primary N) is 1. The van der Waals surface area contributed by atoms with Gasteiger partial charge in [-0.2, -0.15) is 0 Å². The molecular weight excluding hydrogens is 355 g/mol. The summed E-state index contributed by atoms with van der Waals surface area (Å²) in [4.78, 5) is 8.78. The molecule has 144 valence electrons. The van der Waals surface area contributed by atoms with Gasteiger partial charge in [0.05, 0.1) is 11.5 Å². The Morgan fingerprint density at radius 3 is 2.35 bits per heavy atom. The fraction of sp³-hybridized carbons (Fsp3) is 0.611. The first-order valence-corrected chi connectivity index (χ1v) is 11.0. The first-order chi connectivity index (χ1) is 12.4. The van der Waals surface area contributed by atoms with Gasteiger partial charge < -0.3 is 15.5 Å². The normalized spacial score (nSPS) is 21.8. The number of anilines is 1. The highest BCUT2D eigenvalue weighted by molar-refractivity contribution is 7.91. The molecule has 0 radical (unpaired) electrons. The number of sulfone groups is 1. The average Bonchev–Trinajstić information content (AvgIpc) is 2.64. The fourth-order valence-electron chi connectivity index (χ4n) is 3.53. The number of guanidine groups is 1. The molecule has 0 atom stereocenters. The van der Waals surface area contributed by atoms with Crippen LogP contribution in [0.2, 0.25) is 0 Å². The van der Waals surface area contributed by atoms with Crippen molar-refractivity contribution in [1.82, 2.24) is 4.90 Å². The molecule has 0 saturated carbocycles. The summed E-state index contributed by atoms with van der Waals surface area (Å²) in [7, 11) is -2.80. The molecule has 2 saturated heterocycles. The highest BCUT2D eigenvalue weighted by atomic mass is 32.2. The van der Waals surface area contributed by atoms with Crippen molar-refractivity contribution in [3.63, 3.8) is 0 Å². The average molecular weight is 383 g/mol. The molecule has 6 nitrogen and oxygen atoms in total. The number of nitrogens with zero attached hydrogens (tertiary/aromatic N) is 3. The van der Waals surface area contributed by atoms with E-state index in [0.29, 0.717) is 29.9 Å². The molecule has 8 heteroatoms. The van der Waals surface area contributed by atoms with Gasteiger partial charge in [0.25, 0.3) is 0 Å². The molecule has 2 aliphatic rings. The van der Waals surface area contributed by atoms with E-state index >= 15 is 0 Å². The minimum absolute atomic E-state index is 0.223. The Labute approximate surface area is 154 Å². The molecule has 1 aromatic rings. The Balaban J connectivity index is 1.42. The van der Waals surface area contributed by atoms with Gasteiger partial charge in [-0.15, -0.1) is 0 Å². The van der Waals surface area contributed by atoms with Gasteiger partial charge in [0.2, 0.25) is 0 Å². The minimum atomic E-state index is -2.80. The van der Waals surface area contributed by atoms with Crippen molar-refractivity contribution in [2.45, 2.75) is 19.3 Å². The molecule has 2 fully saturated rings. The molecule has 26 heavy (non-hydrogen) atoms. The Kier molecular flexibility index (Phi) is 6.01. The first-order valence-electron chi connectivity index (χ1n) is 9.19. The van der Waals surface area contributed by atoms with Crippen LogP contribution in [0.4, 0.5) is 10.1 Å². The van der Waals surface area contributed by atoms with Crippen LogP contribution in [0.25, 0.3) is 0 Å². The molecule has 2 heterocycles. The molecule has 0 amide bonds. The number of halogens is 1. The van der Waals surface area contributed by atoms with Gasteiger partial charge in [-0.3, -0.25) is 4.99 Å². The Morgan fingerprint density at radius 1 is 1.12 bits per heavy atom. The topological polar surface area (TPSA) is 79.0 Å². The van der Waals surface area contributed by atoms with E-state index in [1.807, 2.05) is 0 Å². The van der Waals surface area contributed by atoms with Crippen molar-refractivity contribution < 1.29 is 12.8 Å². The molecule has 2 aliphatic heterocycles. The van der Waals surface area contributed by atoms with E-state index in [1.165, 1.54) is 12.1 Å². The molecular formula is C18H27FN4O2S. The van der Waals surface area contributed by atoms with E-state index in [9.17, 15) is 12.8 Å². The third kappa shape index (κ3) is 5.09. The summed E-state index contributed by atoms with van der Waals surface area (Å²) in [6.45, 7) is 3.86. The maximum Gasteiger partial charge on any atom is 0.191 e. The number of piperazine rings is 1. The van der Waals surface area contributed by atoms with Crippen molar-refractivity contribution in [1.29, 1.82) is 0 Å². The van der Waals surface area contributed by atoms with Crippen LogP contribution in [0, 0.1) is 11.7 Å². The Morgan fingerprint density at radius 2 is 1.73 bits per heavy atom. The number of rotatable bonds is 4. The molecule has 0 aromatic heterocycles. The zero-order chi connectivity index (χ0) is 18.6. The molecule has 3 rings (SSSR count). The molecule has 0 unspecified atom stereocenters. The molecule has 0 spiro atoms. The van der Waals surface area contributed by atoms with Gasteiger partial charge in [-0.25, -0.2) is 12.8 Å². The van der Waals surface area contributed by atoms with E-state index in [0.717, 1.165) is 51.1 Å². The summed E-state index contributed by atoms with van der Waals surface area (Å²) < 4.78 is 35.9. The van der Waals surface area contributed by atoms with E-state index < -0.39 is 9.84 Å². The van der Waals surface area contributed by atoms with Crippen LogP contribution in [0.3, 0.4) is 0 Å². The van der Waals surface area contributed by atoms with Crippen LogP contribution in [-0.4, -0.2) is 63.5 Å². The monoisotopic (exact) mass is 382 g/mol. The number of hydrogen-bond donors (Lipinski definition) is 1. The second kappa shape index (κ2) is 8.24. The second-order valence-corrected chi connectivity index (χ2v) is 9.38. The lowest BCUT2D eigenvalue weighted by Gasteiger charge is -2.36. The lowest BCUT2D eigenvalue weighted by Crippen LogP contribution is -2.51. The van der Waals surface area contributed by atoms with Crippen LogP contribution >= 0.6 is 0 Å². The lowest BCUT2D eigenvalue weighted by molar-refractivity contribution is 0.379. The zero-order valence-corrected chi connectivity index (χ0v) is 15.8. The summed E-state index contributed by atoms with van der Waals surface area (Å²) in [5.74, 6) is 1.39. The fourth-order valence-corrected chi connectivity index (χ4v) is 5.12. The number of aliphatic imine (C=N–C) groups is 1. The maximum absolute atomic E-state index is 13.0. The third-order valence-electron chi connectivity index (χ3n) is 5.28. The van der Waals surface area contributed by atoms with Gasteiger partial charge in [0.15, 0.2) is 5.96 Å². The summed E-state index contributed by atoms with van der Waals surface area (Å²) in [6.07, 6.45) is 2.38. The van der Waals surface area contributed by atoms with E-state index in [2.05, 4.69) is 14.8 Å². The molecule has 0 aliphatic carbocycles. The van der Waals surface area contributed by atoms with Crippen LogP contribution in [-0.2, 0) is 9.84 Å². The first kappa shape index (κ1) is 18.9. The van der Waals surface area contributed by atoms with E-state index in [1.54, 1.807) is 12.1 Å². The predicted molar refractivity (Wildman–Crippen MR) is 103 cm³/mol. The van der Waals surface area contributed by atoms with Gasteiger partial charge in [-0.05, 0) is 49.4 Å². The molecule has 2 N–H and O–H groups in total. The maximum atomic E-state index is 13.0. The van der Waals surface area contributed by atoms with Crippen molar-refractivity contribution in [3.8, 4) is 0 Å². The van der Waals surface area contributed by atoms with Gasteiger partial charge >= 0.3 is 0 Å². The van der Waals surface area contributed by atoms with Crippen molar-refractivity contribution >= 4 is 21.5 Å². The van der Waals surface area contributed by atoms with E-state index in [4.69, 9.17) is 5.73 Å². The van der Waals surface area contributed by atoms with Crippen molar-refractivity contribution in [2.24, 2.45) is 16.6 Å². The summed E-state index contributed by atoms with van der Waals surface area (Å²) in [5, 5.41) is 0. The third-order valence-corrected chi connectivity index (χ3v) is 7.00. The standard InChI is InChI=1S/C18H27FN4O2S/c19-16-1-3-17(4-2-16)22-9-11-23(12-10-22)18(20)21-8-5-15-6-13-26(24,25)14-7-15/h1-4,15H,5-14H2,(H2,20,21). The van der Waals surface area contributed by atoms with Crippen LogP contribution < -0.4 is 10.6 Å². The Bertz CT molecular complexity index is 714. The van der Waals surface area contributed by atoms with Crippen LogP contribution in [0.5, 0.6) is 0 Å². The van der Waals surface area contributed by atoms with Crippen LogP contribution in [0.1, 0.15) is 19.3 Å². The Hall–Kier alpha value is -1.83. The molecule has 0 bridgehead atoms. The highest BCUT2D eigenvalue weighted by Gasteiger charge is 2.23. The minimum Gasteiger partial charge on any atom is -0.370 e. The summed E-state index contributed by atoms with van der Waals surface area (Å²) in [6, 6.07) is 6.56. The highest BCUT2D eigenvalue weighted by Crippen LogP contribution is 2.22. The van der Waals surface area contributed by atoms with Gasteiger partial charge in [0, 0.05) is 38.4 Å². The number of benzene rings is 1. The zero-order valence-electron chi connectivity index (χ0n) is 15.0. The van der Waals surface area contributed by atoms with E-state index in [-0.39, 0.29) is 5.82 Å². The smallest absolute Gasteiger partial charge is 0.191 e. The number of hydrogen-bond acceptors (Lipinski definition) is 4. The predicted octanol–water partition coefficient (Wildman–Crippen LogP) is 1.48. The summed E-state index contributed by atoms with van der Waals surface area (Å²) >= 11 is 0. The van der Waals surface area contributed by atoms with Crippen molar-refractivity contribution in [2.75, 3.05) is 49.1 Å². The van der Waals surface area contributed by atoms with Gasteiger partial charge in [0.1, 0.15) is 15.7 Å². The lowest BCUT2D eigenvalue weighted by atomic mass is 9.99. The van der Waals surface area contributed by atoms with Crippen molar-refractivity contribution in [3.05, 3.63) is 30.1 Å². The van der Waals surface area contributed by atoms with Crippen LogP contribution in [0.15, 0.2) is 29.3 Å². The largest absolute Gasteiger partial charge is 0.370 e.